The number of ether oxygens (including phenoxy) is 1. The van der Waals surface area contributed by atoms with E-state index >= 15 is 0 Å². The van der Waals surface area contributed by atoms with Gasteiger partial charge in [0, 0.05) is 5.69 Å². The Morgan fingerprint density at radius 1 is 1.28 bits per heavy atom. The number of benzene rings is 1. The van der Waals surface area contributed by atoms with Crippen LogP contribution in [0.2, 0.25) is 0 Å². The van der Waals surface area contributed by atoms with Gasteiger partial charge in [0.2, 0.25) is 17.8 Å². The Balaban J connectivity index is 1.58. The maximum absolute atomic E-state index is 11.8. The van der Waals surface area contributed by atoms with E-state index in [9.17, 15) is 9.59 Å². The molecule has 2 aromatic rings. The van der Waals surface area contributed by atoms with Gasteiger partial charge < -0.3 is 20.7 Å². The number of amides is 1. The summed E-state index contributed by atoms with van der Waals surface area (Å²) in [5, 5.41) is 3.00. The second kappa shape index (κ2) is 7.79. The molecule has 1 amide bonds. The average Bonchev–Trinajstić information content (AvgIpc) is 2.98. The van der Waals surface area contributed by atoms with E-state index in [4.69, 9.17) is 10.5 Å². The topological polar surface area (TPSA) is 123 Å². The predicted octanol–water partition coefficient (Wildman–Crippen LogP) is 0.773. The Kier molecular flexibility index (Phi) is 5.29. The minimum atomic E-state index is -0.521. The van der Waals surface area contributed by atoms with E-state index in [2.05, 4.69) is 20.3 Å². The molecule has 3 rings (SSSR count). The third-order valence-corrected chi connectivity index (χ3v) is 4.18. The Morgan fingerprint density at radius 3 is 2.80 bits per heavy atom. The first kappa shape index (κ1) is 17.0. The van der Waals surface area contributed by atoms with Crippen LogP contribution in [0.25, 0.3) is 0 Å². The van der Waals surface area contributed by atoms with Crippen molar-refractivity contribution in [3.05, 3.63) is 36.2 Å². The first-order valence-electron chi connectivity index (χ1n) is 7.44. The number of hydrogen-bond acceptors (Lipinski definition) is 9. The number of nitrogens with one attached hydrogen (secondary N) is 1. The first-order valence-corrected chi connectivity index (χ1v) is 8.59. The lowest BCUT2D eigenvalue weighted by molar-refractivity contribution is -0.149. The van der Waals surface area contributed by atoms with Crippen molar-refractivity contribution in [2.24, 2.45) is 0 Å². The van der Waals surface area contributed by atoms with E-state index in [0.717, 1.165) is 5.69 Å². The fourth-order valence-electron chi connectivity index (χ4n) is 2.10. The smallest absolute Gasteiger partial charge is 0.326 e. The first-order chi connectivity index (χ1) is 12.1. The zero-order chi connectivity index (χ0) is 17.6. The molecule has 0 aliphatic carbocycles. The van der Waals surface area contributed by atoms with Gasteiger partial charge in [-0.1, -0.05) is 18.2 Å². The third-order valence-electron chi connectivity index (χ3n) is 3.24. The number of rotatable bonds is 6. The predicted molar refractivity (Wildman–Crippen MR) is 92.8 cm³/mol. The number of carbonyl (C=O) groups excluding carboxylic acids is 2. The minimum absolute atomic E-state index is 0.0191. The molecule has 1 aromatic heterocycles. The molecule has 1 saturated heterocycles. The van der Waals surface area contributed by atoms with Crippen molar-refractivity contribution in [1.82, 2.24) is 19.9 Å². The molecule has 1 aromatic carbocycles. The Bertz CT molecular complexity index is 773. The van der Waals surface area contributed by atoms with Crippen molar-refractivity contribution in [1.29, 1.82) is 0 Å². The fourth-order valence-corrected chi connectivity index (χ4v) is 3.00. The second-order valence-electron chi connectivity index (χ2n) is 5.15. The summed E-state index contributed by atoms with van der Waals surface area (Å²) < 4.78 is 5.12. The number of anilines is 3. The number of nitrogen functional groups attached to an aromatic ring is 1. The van der Waals surface area contributed by atoms with E-state index in [0.29, 0.717) is 11.6 Å². The zero-order valence-electron chi connectivity index (χ0n) is 13.2. The molecule has 25 heavy (non-hydrogen) atoms. The number of nitrogens with two attached hydrogens (primary N) is 1. The van der Waals surface area contributed by atoms with Crippen LogP contribution in [0.15, 0.2) is 30.3 Å². The van der Waals surface area contributed by atoms with Crippen LogP contribution in [-0.2, 0) is 20.9 Å². The zero-order valence-corrected chi connectivity index (χ0v) is 14.0. The van der Waals surface area contributed by atoms with Crippen molar-refractivity contribution >= 4 is 41.2 Å². The number of nitrogens with zero attached hydrogens (tertiary/aromatic N) is 4. The van der Waals surface area contributed by atoms with Crippen LogP contribution in [0.3, 0.4) is 0 Å². The van der Waals surface area contributed by atoms with Gasteiger partial charge in [0.05, 0.1) is 11.6 Å². The molecule has 9 nitrogen and oxygen atoms in total. The quantitative estimate of drug-likeness (QED) is 0.719. The monoisotopic (exact) mass is 360 g/mol. The average molecular weight is 360 g/mol. The molecular formula is C15H16N6O3S. The third kappa shape index (κ3) is 4.80. The van der Waals surface area contributed by atoms with Gasteiger partial charge in [0.25, 0.3) is 0 Å². The number of aromatic nitrogens is 3. The summed E-state index contributed by atoms with van der Waals surface area (Å²) in [6.07, 6.45) is 0. The molecule has 10 heteroatoms. The summed E-state index contributed by atoms with van der Waals surface area (Å²) in [5.74, 6) is 0.805. The van der Waals surface area contributed by atoms with Crippen LogP contribution in [0.5, 0.6) is 0 Å². The molecule has 0 bridgehead atoms. The summed E-state index contributed by atoms with van der Waals surface area (Å²) >= 11 is 1.46. The molecular weight excluding hydrogens is 344 g/mol. The Labute approximate surface area is 148 Å². The highest BCUT2D eigenvalue weighted by Crippen LogP contribution is 2.15. The molecule has 130 valence electrons. The van der Waals surface area contributed by atoms with Gasteiger partial charge in [-0.15, -0.1) is 11.8 Å². The van der Waals surface area contributed by atoms with Crippen LogP contribution in [0.4, 0.5) is 17.6 Å². The molecule has 0 saturated carbocycles. The van der Waals surface area contributed by atoms with Crippen LogP contribution in [-0.4, -0.2) is 49.9 Å². The Hall–Kier alpha value is -2.88. The van der Waals surface area contributed by atoms with E-state index in [-0.39, 0.29) is 36.8 Å². The van der Waals surface area contributed by atoms with Crippen molar-refractivity contribution in [2.45, 2.75) is 6.61 Å². The van der Waals surface area contributed by atoms with E-state index in [1.165, 1.54) is 16.7 Å². The molecule has 1 aliphatic rings. The van der Waals surface area contributed by atoms with Crippen molar-refractivity contribution in [3.8, 4) is 0 Å². The molecule has 0 atom stereocenters. The highest BCUT2D eigenvalue weighted by atomic mass is 32.2. The minimum Gasteiger partial charge on any atom is -0.456 e. The van der Waals surface area contributed by atoms with Gasteiger partial charge in [-0.3, -0.25) is 9.59 Å². The standard InChI is InChI=1S/C15H16N6O3S/c16-14-18-11(7-24-13(23)6-21-9-25-8-12(21)22)19-15(20-14)17-10-4-2-1-3-5-10/h1-5H,6-9H2,(H3,16,17,18,19,20). The maximum atomic E-state index is 11.8. The number of thioether (sulfide) groups is 1. The van der Waals surface area contributed by atoms with Crippen LogP contribution >= 0.6 is 11.8 Å². The Morgan fingerprint density at radius 2 is 2.08 bits per heavy atom. The van der Waals surface area contributed by atoms with Gasteiger partial charge in [0.15, 0.2) is 12.4 Å². The van der Waals surface area contributed by atoms with Gasteiger partial charge in [-0.2, -0.15) is 15.0 Å². The van der Waals surface area contributed by atoms with Crippen molar-refractivity contribution in [3.63, 3.8) is 0 Å². The highest BCUT2D eigenvalue weighted by molar-refractivity contribution is 8.00. The van der Waals surface area contributed by atoms with Gasteiger partial charge in [0.1, 0.15) is 6.54 Å². The normalized spacial score (nSPS) is 13.8. The molecule has 0 unspecified atom stereocenters. The molecule has 1 aliphatic heterocycles. The SMILES string of the molecule is Nc1nc(COC(=O)CN2CSCC2=O)nc(Nc2ccccc2)n1. The summed E-state index contributed by atoms with van der Waals surface area (Å²) in [7, 11) is 0. The summed E-state index contributed by atoms with van der Waals surface area (Å²) in [4.78, 5) is 36.9. The van der Waals surface area contributed by atoms with E-state index < -0.39 is 5.97 Å². The number of para-hydroxylation sites is 1. The van der Waals surface area contributed by atoms with Crippen LogP contribution in [0.1, 0.15) is 5.82 Å². The molecule has 3 N–H and O–H groups in total. The summed E-state index contributed by atoms with van der Waals surface area (Å²) in [6, 6.07) is 9.33. The van der Waals surface area contributed by atoms with Gasteiger partial charge in [-0.05, 0) is 12.1 Å². The second-order valence-corrected chi connectivity index (χ2v) is 6.11. The highest BCUT2D eigenvalue weighted by Gasteiger charge is 2.23. The van der Waals surface area contributed by atoms with E-state index in [1.54, 1.807) is 0 Å². The maximum Gasteiger partial charge on any atom is 0.326 e. The lowest BCUT2D eigenvalue weighted by Crippen LogP contribution is -2.32. The van der Waals surface area contributed by atoms with Crippen molar-refractivity contribution in [2.75, 3.05) is 29.2 Å². The van der Waals surface area contributed by atoms with Crippen molar-refractivity contribution < 1.29 is 14.3 Å². The molecule has 0 spiro atoms. The molecule has 0 radical (unpaired) electrons. The van der Waals surface area contributed by atoms with E-state index in [1.807, 2.05) is 30.3 Å². The number of carbonyl (C=O) groups is 2. The van der Waals surface area contributed by atoms with Crippen LogP contribution in [0, 0.1) is 0 Å². The lowest BCUT2D eigenvalue weighted by atomic mass is 10.3. The number of hydrogen-bond donors (Lipinski definition) is 2. The largest absolute Gasteiger partial charge is 0.456 e. The summed E-state index contributed by atoms with van der Waals surface area (Å²) in [5.41, 5.74) is 6.46. The molecule has 2 heterocycles. The number of esters is 1. The fraction of sp³-hybridized carbons (Fsp3) is 0.267. The van der Waals surface area contributed by atoms with Gasteiger partial charge in [-0.25, -0.2) is 0 Å². The lowest BCUT2D eigenvalue weighted by Gasteiger charge is -2.13. The van der Waals surface area contributed by atoms with Gasteiger partial charge >= 0.3 is 5.97 Å². The summed E-state index contributed by atoms with van der Waals surface area (Å²) in [6.45, 7) is -0.230. The molecule has 1 fully saturated rings. The van der Waals surface area contributed by atoms with Crippen LogP contribution < -0.4 is 11.1 Å².